The number of carbonyl (C=O) groups excluding carboxylic acids is 1. The highest BCUT2D eigenvalue weighted by Gasteiger charge is 2.54. The lowest BCUT2D eigenvalue weighted by molar-refractivity contribution is -0.123. The third-order valence-corrected chi connectivity index (χ3v) is 4.03. The average molecular weight is 295 g/mol. The van der Waals surface area contributed by atoms with E-state index in [4.69, 9.17) is 4.74 Å². The molecule has 0 spiro atoms. The minimum absolute atomic E-state index is 0.00318. The molecule has 1 saturated carbocycles. The first-order chi connectivity index (χ1) is 10.1. The summed E-state index contributed by atoms with van der Waals surface area (Å²) >= 11 is 0. The highest BCUT2D eigenvalue weighted by atomic mass is 19.1. The molecule has 8 heteroatoms. The predicted octanol–water partition coefficient (Wildman–Crippen LogP) is 0.361. The number of hydrogen-bond acceptors (Lipinski definition) is 6. The molecule has 7 nitrogen and oxygen atoms in total. The van der Waals surface area contributed by atoms with E-state index in [1.54, 1.807) is 7.05 Å². The summed E-state index contributed by atoms with van der Waals surface area (Å²) in [4.78, 5) is 19.3. The van der Waals surface area contributed by atoms with Gasteiger partial charge < -0.3 is 20.7 Å². The second kappa shape index (κ2) is 5.44. The van der Waals surface area contributed by atoms with E-state index in [0.717, 1.165) is 12.6 Å². The largest absolute Gasteiger partial charge is 0.376 e. The van der Waals surface area contributed by atoms with Crippen molar-refractivity contribution in [1.82, 2.24) is 15.3 Å². The smallest absolute Gasteiger partial charge is 0.225 e. The number of fused-ring (bicyclic) bond motifs is 1. The number of anilines is 2. The highest BCUT2D eigenvalue weighted by Crippen LogP contribution is 2.40. The summed E-state index contributed by atoms with van der Waals surface area (Å²) in [5.41, 5.74) is 0. The third-order valence-electron chi connectivity index (χ3n) is 4.03. The number of amides is 1. The molecule has 3 N–H and O–H groups in total. The summed E-state index contributed by atoms with van der Waals surface area (Å²) in [6, 6.07) is -0.113. The third kappa shape index (κ3) is 2.51. The van der Waals surface area contributed by atoms with Gasteiger partial charge in [0.15, 0.2) is 11.6 Å². The van der Waals surface area contributed by atoms with Crippen molar-refractivity contribution in [2.75, 3.05) is 24.3 Å². The zero-order chi connectivity index (χ0) is 15.0. The molecule has 0 radical (unpaired) electrons. The van der Waals surface area contributed by atoms with Crippen LogP contribution in [0.25, 0.3) is 0 Å². The van der Waals surface area contributed by atoms with Crippen LogP contribution in [0.1, 0.15) is 13.3 Å². The van der Waals surface area contributed by atoms with Gasteiger partial charge in [-0.3, -0.25) is 4.79 Å². The molecule has 2 fully saturated rings. The molecule has 0 unspecified atom stereocenters. The van der Waals surface area contributed by atoms with Crippen molar-refractivity contribution in [2.45, 2.75) is 31.5 Å². The number of nitrogens with zero attached hydrogens (tertiary/aromatic N) is 2. The van der Waals surface area contributed by atoms with E-state index in [1.807, 2.05) is 0 Å². The van der Waals surface area contributed by atoms with Gasteiger partial charge in [-0.2, -0.15) is 4.98 Å². The molecule has 1 aromatic rings. The number of nitrogens with one attached hydrogen (secondary N) is 3. The van der Waals surface area contributed by atoms with E-state index in [-0.39, 0.29) is 29.9 Å². The van der Waals surface area contributed by atoms with Gasteiger partial charge in [0.1, 0.15) is 0 Å². The van der Waals surface area contributed by atoms with Gasteiger partial charge in [-0.1, -0.05) is 0 Å². The minimum Gasteiger partial charge on any atom is -0.376 e. The maximum absolute atomic E-state index is 13.4. The van der Waals surface area contributed by atoms with Crippen LogP contribution in [0.15, 0.2) is 6.20 Å². The maximum atomic E-state index is 13.4. The summed E-state index contributed by atoms with van der Waals surface area (Å²) in [7, 11) is 1.60. The fraction of sp³-hybridized carbons (Fsp3) is 0.615. The Morgan fingerprint density at radius 1 is 1.48 bits per heavy atom. The summed E-state index contributed by atoms with van der Waals surface area (Å²) in [6.45, 7) is 2.17. The van der Waals surface area contributed by atoms with Gasteiger partial charge in [-0.05, 0) is 6.42 Å². The molecule has 2 aliphatic rings. The number of carbonyl (C=O) groups is 1. The minimum atomic E-state index is -0.503. The van der Waals surface area contributed by atoms with Crippen molar-refractivity contribution in [3.05, 3.63) is 12.0 Å². The first-order valence-electron chi connectivity index (χ1n) is 6.95. The second-order valence-corrected chi connectivity index (χ2v) is 5.32. The highest BCUT2D eigenvalue weighted by molar-refractivity contribution is 5.73. The summed E-state index contributed by atoms with van der Waals surface area (Å²) in [6.07, 6.45) is 2.09. The number of halogens is 1. The zero-order valence-electron chi connectivity index (χ0n) is 11.9. The molecular weight excluding hydrogens is 277 g/mol. The number of aromatic nitrogens is 2. The molecule has 4 atom stereocenters. The molecule has 1 saturated heterocycles. The Hall–Kier alpha value is -1.96. The molecule has 21 heavy (non-hydrogen) atoms. The van der Waals surface area contributed by atoms with E-state index in [2.05, 4.69) is 25.9 Å². The Kier molecular flexibility index (Phi) is 3.62. The Bertz CT molecular complexity index is 555. The van der Waals surface area contributed by atoms with E-state index in [9.17, 15) is 9.18 Å². The van der Waals surface area contributed by atoms with Crippen LogP contribution in [-0.4, -0.2) is 47.7 Å². The van der Waals surface area contributed by atoms with Crippen LogP contribution >= 0.6 is 0 Å². The Labute approximate surface area is 121 Å². The van der Waals surface area contributed by atoms with E-state index in [1.165, 1.54) is 6.92 Å². The second-order valence-electron chi connectivity index (χ2n) is 5.32. The van der Waals surface area contributed by atoms with Crippen molar-refractivity contribution in [2.24, 2.45) is 5.92 Å². The van der Waals surface area contributed by atoms with Crippen molar-refractivity contribution in [1.29, 1.82) is 0 Å². The Balaban J connectivity index is 1.74. The number of hydrogen-bond donors (Lipinski definition) is 3. The lowest BCUT2D eigenvalue weighted by Crippen LogP contribution is -2.68. The molecule has 3 rings (SSSR count). The topological polar surface area (TPSA) is 88.2 Å². The SMILES string of the molecule is CNc1nc(N[C@@H]2[C@@H]3CCO[C@@H]3[C@H]2NC(C)=O)ncc1F. The van der Waals surface area contributed by atoms with Crippen molar-refractivity contribution in [3.8, 4) is 0 Å². The number of ether oxygens (including phenoxy) is 1. The zero-order valence-corrected chi connectivity index (χ0v) is 11.9. The standard InChI is InChI=1S/C13H18FN5O2/c1-6(20)17-10-9(7-3-4-21-11(7)10)18-13-16-5-8(14)12(15-2)19-13/h5,7,9-11H,3-4H2,1-2H3,(H,17,20)(H2,15,16,18,19)/t7-,9+,10-,11-/m0/s1. The molecular formula is C13H18FN5O2. The van der Waals surface area contributed by atoms with E-state index >= 15 is 0 Å². The molecule has 0 aromatic carbocycles. The fourth-order valence-electron chi connectivity index (χ4n) is 3.07. The lowest BCUT2D eigenvalue weighted by atomic mass is 9.71. The number of rotatable bonds is 4. The van der Waals surface area contributed by atoms with Crippen LogP contribution < -0.4 is 16.0 Å². The van der Waals surface area contributed by atoms with Crippen molar-refractivity contribution in [3.63, 3.8) is 0 Å². The molecule has 114 valence electrons. The van der Waals surface area contributed by atoms with E-state index in [0.29, 0.717) is 18.5 Å². The lowest BCUT2D eigenvalue weighted by Gasteiger charge is -2.47. The van der Waals surface area contributed by atoms with Gasteiger partial charge in [-0.25, -0.2) is 9.37 Å². The first-order valence-corrected chi connectivity index (χ1v) is 6.95. The first kappa shape index (κ1) is 14.0. The van der Waals surface area contributed by atoms with Gasteiger partial charge in [0, 0.05) is 26.5 Å². The van der Waals surface area contributed by atoms with Crippen molar-refractivity contribution < 1.29 is 13.9 Å². The summed E-state index contributed by atoms with van der Waals surface area (Å²) in [5, 5.41) is 8.75. The molecule has 1 amide bonds. The van der Waals surface area contributed by atoms with Gasteiger partial charge in [0.05, 0.1) is 24.4 Å². The van der Waals surface area contributed by atoms with Gasteiger partial charge in [-0.15, -0.1) is 0 Å². The average Bonchev–Trinajstić information content (AvgIpc) is 2.88. The van der Waals surface area contributed by atoms with Gasteiger partial charge in [0.25, 0.3) is 0 Å². The summed E-state index contributed by atoms with van der Waals surface area (Å²) < 4.78 is 19.0. The van der Waals surface area contributed by atoms with Gasteiger partial charge >= 0.3 is 0 Å². The molecule has 2 heterocycles. The monoisotopic (exact) mass is 295 g/mol. The molecule has 0 bridgehead atoms. The molecule has 1 aromatic heterocycles. The van der Waals surface area contributed by atoms with Crippen LogP contribution in [0.3, 0.4) is 0 Å². The fourth-order valence-corrected chi connectivity index (χ4v) is 3.07. The quantitative estimate of drug-likeness (QED) is 0.743. The maximum Gasteiger partial charge on any atom is 0.225 e. The van der Waals surface area contributed by atoms with Crippen LogP contribution in [0.2, 0.25) is 0 Å². The van der Waals surface area contributed by atoms with Crippen LogP contribution in [0.5, 0.6) is 0 Å². The predicted molar refractivity (Wildman–Crippen MR) is 74.4 cm³/mol. The Morgan fingerprint density at radius 3 is 3.00 bits per heavy atom. The summed E-state index contributed by atoms with van der Waals surface area (Å²) in [5.74, 6) is 0.191. The van der Waals surface area contributed by atoms with Crippen LogP contribution in [0, 0.1) is 11.7 Å². The van der Waals surface area contributed by atoms with Crippen LogP contribution in [-0.2, 0) is 9.53 Å². The Morgan fingerprint density at radius 2 is 2.29 bits per heavy atom. The molecule has 1 aliphatic heterocycles. The van der Waals surface area contributed by atoms with Crippen LogP contribution in [0.4, 0.5) is 16.2 Å². The molecule has 1 aliphatic carbocycles. The van der Waals surface area contributed by atoms with Crippen molar-refractivity contribution >= 4 is 17.7 Å². The van der Waals surface area contributed by atoms with Gasteiger partial charge in [0.2, 0.25) is 11.9 Å². The van der Waals surface area contributed by atoms with E-state index < -0.39 is 5.82 Å². The normalized spacial score (nSPS) is 30.2.